The number of hydrogen-bond donors (Lipinski definition) is 0. The van der Waals surface area contributed by atoms with E-state index in [-0.39, 0.29) is 5.56 Å². The lowest BCUT2D eigenvalue weighted by Crippen LogP contribution is -2.45. The molecule has 4 rings (SSSR count). The Morgan fingerprint density at radius 1 is 1.30 bits per heavy atom. The molecule has 1 spiro atoms. The molecular weight excluding hydrogens is 255 g/mol. The Balaban J connectivity index is 1.90. The first kappa shape index (κ1) is 12.1. The smallest absolute Gasteiger partial charge is 0.261 e. The van der Waals surface area contributed by atoms with Gasteiger partial charge in [0.05, 0.1) is 30.7 Å². The number of benzene rings is 1. The van der Waals surface area contributed by atoms with Gasteiger partial charge in [-0.05, 0) is 12.1 Å². The largest absolute Gasteiger partial charge is 0.346 e. The number of aromatic nitrogens is 2. The summed E-state index contributed by atoms with van der Waals surface area (Å²) in [6, 6.07) is 5.19. The van der Waals surface area contributed by atoms with E-state index < -0.39 is 5.79 Å². The van der Waals surface area contributed by atoms with Crippen LogP contribution in [0, 0.1) is 0 Å². The van der Waals surface area contributed by atoms with E-state index in [1.165, 1.54) is 0 Å². The molecule has 1 saturated heterocycles. The fraction of sp³-hybridized carbons (Fsp3) is 0.429. The third kappa shape index (κ3) is 1.72. The van der Waals surface area contributed by atoms with E-state index in [1.807, 2.05) is 0 Å². The van der Waals surface area contributed by atoms with E-state index in [0.29, 0.717) is 42.5 Å². The van der Waals surface area contributed by atoms with Crippen LogP contribution in [-0.4, -0.2) is 36.4 Å². The second-order valence-corrected chi connectivity index (χ2v) is 5.30. The molecule has 100 valence electrons. The van der Waals surface area contributed by atoms with E-state index in [0.717, 1.165) is 12.2 Å². The zero-order valence-corrected chi connectivity index (χ0v) is 11.0. The Morgan fingerprint density at radius 3 is 2.90 bits per heavy atom. The molecule has 1 fully saturated rings. The number of aryl methyl sites for hydroxylation is 1. The highest BCUT2D eigenvalue weighted by molar-refractivity contribution is 6.33. The van der Waals surface area contributed by atoms with Gasteiger partial charge >= 0.3 is 0 Å². The highest BCUT2D eigenvalue weighted by Gasteiger charge is 2.40. The van der Waals surface area contributed by atoms with Crippen LogP contribution in [0.1, 0.15) is 12.2 Å². The Bertz CT molecular complexity index is 750. The van der Waals surface area contributed by atoms with E-state index in [4.69, 9.17) is 17.3 Å². The number of rotatable bonds is 0. The molecule has 2 aliphatic heterocycles. The Labute approximate surface area is 116 Å². The van der Waals surface area contributed by atoms with Crippen molar-refractivity contribution in [1.29, 1.82) is 0 Å². The van der Waals surface area contributed by atoms with E-state index in [9.17, 15) is 4.79 Å². The van der Waals surface area contributed by atoms with Gasteiger partial charge in [-0.2, -0.15) is 0 Å². The maximum atomic E-state index is 12.6. The van der Waals surface area contributed by atoms with Crippen molar-refractivity contribution in [2.24, 2.45) is 0 Å². The third-order valence-electron chi connectivity index (χ3n) is 4.00. The van der Waals surface area contributed by atoms with Gasteiger partial charge < -0.3 is 9.47 Å². The average molecular weight is 268 g/mol. The summed E-state index contributed by atoms with van der Waals surface area (Å²) in [4.78, 5) is 17.2. The fourth-order valence-electron chi connectivity index (χ4n) is 2.99. The molecule has 1 aromatic carbocycles. The monoisotopic (exact) mass is 268 g/mol. The summed E-state index contributed by atoms with van der Waals surface area (Å²) >= 11 is 0. The van der Waals surface area contributed by atoms with Gasteiger partial charge in [-0.1, -0.05) is 11.5 Å². The lowest BCUT2D eigenvalue weighted by molar-refractivity contribution is -0.178. The summed E-state index contributed by atoms with van der Waals surface area (Å²) in [6.45, 7) is 1.58. The van der Waals surface area contributed by atoms with Crippen LogP contribution in [0.4, 0.5) is 0 Å². The standard InChI is InChI=1S/C14H13BN2O3/c15-9-1-2-10-11(7-9)16-12-3-4-14(19-5-6-20-14)8-17(12)13(10)18/h1-2,7H,3-6,8H2. The van der Waals surface area contributed by atoms with E-state index in [1.54, 1.807) is 22.8 Å². The number of fused-ring (bicyclic) bond motifs is 2. The molecule has 1 aromatic heterocycles. The summed E-state index contributed by atoms with van der Waals surface area (Å²) in [6.07, 6.45) is 1.40. The molecule has 0 amide bonds. The van der Waals surface area contributed by atoms with Gasteiger partial charge in [0.15, 0.2) is 5.79 Å². The highest BCUT2D eigenvalue weighted by atomic mass is 16.7. The van der Waals surface area contributed by atoms with E-state index >= 15 is 0 Å². The van der Waals surface area contributed by atoms with E-state index in [2.05, 4.69) is 4.98 Å². The summed E-state index contributed by atoms with van der Waals surface area (Å²) in [5.41, 5.74) is 1.22. The molecule has 20 heavy (non-hydrogen) atoms. The first-order chi connectivity index (χ1) is 9.67. The van der Waals surface area contributed by atoms with Crippen molar-refractivity contribution in [2.45, 2.75) is 25.2 Å². The van der Waals surface area contributed by atoms with Crippen molar-refractivity contribution in [3.05, 3.63) is 34.4 Å². The Hall–Kier alpha value is -1.66. The number of hydrogen-bond acceptors (Lipinski definition) is 4. The first-order valence-electron chi connectivity index (χ1n) is 6.74. The molecule has 5 nitrogen and oxygen atoms in total. The first-order valence-corrected chi connectivity index (χ1v) is 6.74. The molecule has 0 aliphatic carbocycles. The second kappa shape index (κ2) is 4.17. The molecule has 2 radical (unpaired) electrons. The normalized spacial score (nSPS) is 20.4. The molecule has 6 heteroatoms. The van der Waals surface area contributed by atoms with Crippen LogP contribution in [-0.2, 0) is 22.4 Å². The van der Waals surface area contributed by atoms with Gasteiger partial charge in [0, 0.05) is 12.8 Å². The zero-order valence-electron chi connectivity index (χ0n) is 11.0. The van der Waals surface area contributed by atoms with Crippen LogP contribution >= 0.6 is 0 Å². The molecule has 0 atom stereocenters. The van der Waals surface area contributed by atoms with Crippen molar-refractivity contribution in [3.8, 4) is 0 Å². The minimum absolute atomic E-state index is 0.0526. The third-order valence-corrected chi connectivity index (χ3v) is 4.00. The molecule has 0 bridgehead atoms. The maximum Gasteiger partial charge on any atom is 0.261 e. The molecular formula is C14H13BN2O3. The predicted octanol–water partition coefficient (Wildman–Crippen LogP) is -0.120. The zero-order chi connectivity index (χ0) is 13.7. The van der Waals surface area contributed by atoms with Gasteiger partial charge in [0.2, 0.25) is 0 Å². The van der Waals surface area contributed by atoms with Gasteiger partial charge in [-0.15, -0.1) is 0 Å². The summed E-state index contributed by atoms with van der Waals surface area (Å²) < 4.78 is 13.1. The summed E-state index contributed by atoms with van der Waals surface area (Å²) in [7, 11) is 5.76. The van der Waals surface area contributed by atoms with Crippen LogP contribution in [0.15, 0.2) is 23.0 Å². The highest BCUT2D eigenvalue weighted by Crippen LogP contribution is 2.30. The minimum atomic E-state index is -0.639. The van der Waals surface area contributed by atoms with Crippen molar-refractivity contribution in [2.75, 3.05) is 13.2 Å². The quantitative estimate of drug-likeness (QED) is 0.625. The lowest BCUT2D eigenvalue weighted by atomic mass is 9.95. The van der Waals surface area contributed by atoms with Crippen molar-refractivity contribution in [3.63, 3.8) is 0 Å². The number of ether oxygens (including phenoxy) is 2. The molecule has 2 aliphatic rings. The molecule has 2 aromatic rings. The molecule has 0 N–H and O–H groups in total. The maximum absolute atomic E-state index is 12.6. The Morgan fingerprint density at radius 2 is 2.10 bits per heavy atom. The lowest BCUT2D eigenvalue weighted by Gasteiger charge is -2.33. The summed E-state index contributed by atoms with van der Waals surface area (Å²) in [5.74, 6) is 0.137. The topological polar surface area (TPSA) is 53.4 Å². The van der Waals surface area contributed by atoms with Crippen LogP contribution in [0.5, 0.6) is 0 Å². The second-order valence-electron chi connectivity index (χ2n) is 5.30. The molecule has 3 heterocycles. The Kier molecular flexibility index (Phi) is 2.52. The molecule has 0 unspecified atom stereocenters. The summed E-state index contributed by atoms with van der Waals surface area (Å²) in [5, 5.41) is 0.581. The van der Waals surface area contributed by atoms with Crippen LogP contribution in [0.25, 0.3) is 10.9 Å². The van der Waals surface area contributed by atoms with Crippen LogP contribution < -0.4 is 11.0 Å². The van der Waals surface area contributed by atoms with Gasteiger partial charge in [0.1, 0.15) is 13.7 Å². The van der Waals surface area contributed by atoms with Crippen molar-refractivity contribution >= 4 is 24.2 Å². The van der Waals surface area contributed by atoms with Crippen LogP contribution in [0.2, 0.25) is 0 Å². The van der Waals surface area contributed by atoms with Crippen LogP contribution in [0.3, 0.4) is 0 Å². The fourth-order valence-corrected chi connectivity index (χ4v) is 2.99. The van der Waals surface area contributed by atoms with Crippen molar-refractivity contribution in [1.82, 2.24) is 9.55 Å². The predicted molar refractivity (Wildman–Crippen MR) is 74.3 cm³/mol. The van der Waals surface area contributed by atoms with Gasteiger partial charge in [-0.3, -0.25) is 9.36 Å². The number of nitrogens with zero attached hydrogens (tertiary/aromatic N) is 2. The molecule has 0 saturated carbocycles. The minimum Gasteiger partial charge on any atom is -0.346 e. The SMILES string of the molecule is [B]c1ccc2c(=O)n3c(nc2c1)CCC1(C3)OCCO1. The van der Waals surface area contributed by atoms with Crippen molar-refractivity contribution < 1.29 is 9.47 Å². The van der Waals surface area contributed by atoms with Gasteiger partial charge in [0.25, 0.3) is 5.56 Å². The average Bonchev–Trinajstić information content (AvgIpc) is 2.88. The van der Waals surface area contributed by atoms with Gasteiger partial charge in [-0.25, -0.2) is 4.98 Å².